The Morgan fingerprint density at radius 1 is 1.24 bits per heavy atom. The molecule has 0 saturated carbocycles. The van der Waals surface area contributed by atoms with Gasteiger partial charge in [0.15, 0.2) is 0 Å². The third kappa shape index (κ3) is 4.70. The van der Waals surface area contributed by atoms with E-state index < -0.39 is 6.16 Å². The van der Waals surface area contributed by atoms with Crippen LogP contribution >= 0.6 is 11.3 Å². The third-order valence-electron chi connectivity index (χ3n) is 4.14. The molecule has 3 rings (SSSR count). The molecule has 25 heavy (non-hydrogen) atoms. The van der Waals surface area contributed by atoms with Gasteiger partial charge in [-0.15, -0.1) is 11.3 Å². The first-order valence-corrected chi connectivity index (χ1v) is 9.10. The van der Waals surface area contributed by atoms with Gasteiger partial charge in [0.25, 0.3) is 0 Å². The Bertz CT molecular complexity index is 738. The number of benzene rings is 1. The molecule has 0 spiro atoms. The summed E-state index contributed by atoms with van der Waals surface area (Å²) < 4.78 is 16.2. The maximum Gasteiger partial charge on any atom is 0.508 e. The van der Waals surface area contributed by atoms with Crippen molar-refractivity contribution in [3.8, 4) is 0 Å². The van der Waals surface area contributed by atoms with Crippen LogP contribution in [0.1, 0.15) is 12.0 Å². The molecule has 2 aromatic rings. The quantitative estimate of drug-likeness (QED) is 0.559. The number of fused-ring (bicyclic) bond motifs is 1. The lowest BCUT2D eigenvalue weighted by molar-refractivity contribution is -0.143. The molecular formula is C18H21NO5S. The summed E-state index contributed by atoms with van der Waals surface area (Å²) in [5.41, 5.74) is 1.24. The largest absolute Gasteiger partial charge is 0.508 e. The van der Waals surface area contributed by atoms with Gasteiger partial charge in [-0.25, -0.2) is 4.79 Å². The number of hydrogen-bond acceptors (Lipinski definition) is 6. The standard InChI is InChI=1S/C18H21NO5S/c1-22-18(21)24-15-11-19(12-15)17(20)5-8-23-7-4-13-2-3-16-14(10-13)6-9-25-16/h2-3,6,9-10,15H,4-5,7-8,11-12H2,1H3. The summed E-state index contributed by atoms with van der Waals surface area (Å²) in [7, 11) is 1.26. The molecule has 1 aliphatic heterocycles. The number of carbonyl (C=O) groups excluding carboxylic acids is 2. The zero-order valence-corrected chi connectivity index (χ0v) is 14.9. The first kappa shape index (κ1) is 17.7. The van der Waals surface area contributed by atoms with Gasteiger partial charge < -0.3 is 19.1 Å². The lowest BCUT2D eigenvalue weighted by Crippen LogP contribution is -2.55. The number of thiophene rings is 1. The average Bonchev–Trinajstić information content (AvgIpc) is 3.04. The zero-order valence-electron chi connectivity index (χ0n) is 14.1. The topological polar surface area (TPSA) is 65.1 Å². The second-order valence-electron chi connectivity index (χ2n) is 5.90. The Balaban J connectivity index is 1.28. The first-order valence-electron chi connectivity index (χ1n) is 8.22. The zero-order chi connectivity index (χ0) is 17.6. The molecule has 1 aromatic heterocycles. The predicted octanol–water partition coefficient (Wildman–Crippen LogP) is 2.84. The fourth-order valence-corrected chi connectivity index (χ4v) is 3.45. The molecule has 1 fully saturated rings. The first-order chi connectivity index (χ1) is 12.2. The van der Waals surface area contributed by atoms with Crippen LogP contribution in [0.4, 0.5) is 4.79 Å². The summed E-state index contributed by atoms with van der Waals surface area (Å²) in [6, 6.07) is 8.56. The average molecular weight is 363 g/mol. The van der Waals surface area contributed by atoms with Gasteiger partial charge in [-0.2, -0.15) is 0 Å². The highest BCUT2D eigenvalue weighted by Gasteiger charge is 2.33. The molecule has 7 heteroatoms. The minimum Gasteiger partial charge on any atom is -0.438 e. The molecular weight excluding hydrogens is 342 g/mol. The van der Waals surface area contributed by atoms with Gasteiger partial charge in [-0.05, 0) is 34.9 Å². The molecule has 1 aromatic carbocycles. The number of methoxy groups -OCH3 is 1. The Labute approximate surface area is 150 Å². The number of amides is 1. The summed E-state index contributed by atoms with van der Waals surface area (Å²) in [5, 5.41) is 3.35. The van der Waals surface area contributed by atoms with E-state index in [1.165, 1.54) is 22.8 Å². The van der Waals surface area contributed by atoms with Crippen LogP contribution in [0.5, 0.6) is 0 Å². The van der Waals surface area contributed by atoms with E-state index in [2.05, 4.69) is 34.4 Å². The second kappa shape index (κ2) is 8.31. The molecule has 1 amide bonds. The van der Waals surface area contributed by atoms with Gasteiger partial charge in [0.2, 0.25) is 5.91 Å². The van der Waals surface area contributed by atoms with Crippen LogP contribution < -0.4 is 0 Å². The van der Waals surface area contributed by atoms with Crippen LogP contribution in [-0.2, 0) is 25.4 Å². The maximum absolute atomic E-state index is 12.0. The van der Waals surface area contributed by atoms with Crippen molar-refractivity contribution in [3.05, 3.63) is 35.2 Å². The molecule has 0 atom stereocenters. The lowest BCUT2D eigenvalue weighted by Gasteiger charge is -2.37. The van der Waals surface area contributed by atoms with Crippen LogP contribution in [0.3, 0.4) is 0 Å². The van der Waals surface area contributed by atoms with Crippen molar-refractivity contribution in [1.82, 2.24) is 4.90 Å². The van der Waals surface area contributed by atoms with E-state index in [9.17, 15) is 9.59 Å². The van der Waals surface area contributed by atoms with Gasteiger partial charge in [0.05, 0.1) is 39.8 Å². The van der Waals surface area contributed by atoms with Gasteiger partial charge in [0.1, 0.15) is 6.10 Å². The Kier molecular flexibility index (Phi) is 5.88. The summed E-state index contributed by atoms with van der Waals surface area (Å²) in [5.74, 6) is 0.0180. The summed E-state index contributed by atoms with van der Waals surface area (Å²) in [4.78, 5) is 24.5. The van der Waals surface area contributed by atoms with E-state index in [0.717, 1.165) is 6.42 Å². The van der Waals surface area contributed by atoms with Gasteiger partial charge in [0, 0.05) is 4.70 Å². The molecule has 0 aliphatic carbocycles. The van der Waals surface area contributed by atoms with Crippen molar-refractivity contribution in [2.45, 2.75) is 18.9 Å². The summed E-state index contributed by atoms with van der Waals surface area (Å²) >= 11 is 1.74. The van der Waals surface area contributed by atoms with Crippen molar-refractivity contribution in [2.75, 3.05) is 33.4 Å². The fourth-order valence-electron chi connectivity index (χ4n) is 2.68. The SMILES string of the molecule is COC(=O)OC1CN(C(=O)CCOCCc2ccc3sccc3c2)C1. The summed E-state index contributed by atoms with van der Waals surface area (Å²) in [6.45, 7) is 1.85. The smallest absolute Gasteiger partial charge is 0.438 e. The lowest BCUT2D eigenvalue weighted by atomic mass is 10.1. The van der Waals surface area contributed by atoms with Crippen LogP contribution in [0, 0.1) is 0 Å². The minimum atomic E-state index is -0.707. The van der Waals surface area contributed by atoms with Crippen LogP contribution in [0.25, 0.3) is 10.1 Å². The third-order valence-corrected chi connectivity index (χ3v) is 5.04. The van der Waals surface area contributed by atoms with E-state index in [0.29, 0.717) is 32.7 Å². The molecule has 1 aliphatic rings. The highest BCUT2D eigenvalue weighted by atomic mass is 32.1. The van der Waals surface area contributed by atoms with Gasteiger partial charge in [-0.1, -0.05) is 12.1 Å². The Hall–Kier alpha value is -2.12. The molecule has 0 bridgehead atoms. The molecule has 0 radical (unpaired) electrons. The number of ether oxygens (including phenoxy) is 3. The molecule has 0 unspecified atom stereocenters. The van der Waals surface area contributed by atoms with Crippen molar-refractivity contribution in [3.63, 3.8) is 0 Å². The number of nitrogens with zero attached hydrogens (tertiary/aromatic N) is 1. The van der Waals surface area contributed by atoms with E-state index in [1.807, 2.05) is 0 Å². The molecule has 1 saturated heterocycles. The molecule has 0 N–H and O–H groups in total. The monoisotopic (exact) mass is 363 g/mol. The molecule has 134 valence electrons. The highest BCUT2D eigenvalue weighted by Crippen LogP contribution is 2.22. The van der Waals surface area contributed by atoms with Crippen molar-refractivity contribution >= 4 is 33.5 Å². The van der Waals surface area contributed by atoms with Crippen LogP contribution in [0.2, 0.25) is 0 Å². The second-order valence-corrected chi connectivity index (χ2v) is 6.85. The fraction of sp³-hybridized carbons (Fsp3) is 0.444. The number of carbonyl (C=O) groups is 2. The van der Waals surface area contributed by atoms with Crippen molar-refractivity contribution in [1.29, 1.82) is 0 Å². The van der Waals surface area contributed by atoms with E-state index in [1.54, 1.807) is 16.2 Å². The summed E-state index contributed by atoms with van der Waals surface area (Å²) in [6.07, 6.45) is 0.207. The normalized spacial score (nSPS) is 14.4. The van der Waals surface area contributed by atoms with E-state index in [4.69, 9.17) is 9.47 Å². The van der Waals surface area contributed by atoms with Crippen LogP contribution in [0.15, 0.2) is 29.6 Å². The predicted molar refractivity (Wildman–Crippen MR) is 94.8 cm³/mol. The number of rotatable bonds is 7. The van der Waals surface area contributed by atoms with Gasteiger partial charge >= 0.3 is 6.16 Å². The number of hydrogen-bond donors (Lipinski definition) is 0. The maximum atomic E-state index is 12.0. The van der Waals surface area contributed by atoms with Crippen LogP contribution in [-0.4, -0.2) is 56.5 Å². The van der Waals surface area contributed by atoms with E-state index >= 15 is 0 Å². The Morgan fingerprint density at radius 3 is 2.88 bits per heavy atom. The Morgan fingerprint density at radius 2 is 2.08 bits per heavy atom. The molecule has 6 nitrogen and oxygen atoms in total. The number of likely N-dealkylation sites (tertiary alicyclic amines) is 1. The van der Waals surface area contributed by atoms with Crippen molar-refractivity contribution in [2.24, 2.45) is 0 Å². The van der Waals surface area contributed by atoms with E-state index in [-0.39, 0.29) is 12.0 Å². The molecule has 2 heterocycles. The minimum absolute atomic E-state index is 0.0180. The highest BCUT2D eigenvalue weighted by molar-refractivity contribution is 7.17. The van der Waals surface area contributed by atoms with Crippen molar-refractivity contribution < 1.29 is 23.8 Å². The van der Waals surface area contributed by atoms with Gasteiger partial charge in [-0.3, -0.25) is 4.79 Å².